The van der Waals surface area contributed by atoms with Crippen molar-refractivity contribution in [3.63, 3.8) is 0 Å². The van der Waals surface area contributed by atoms with E-state index in [1.807, 2.05) is 30.3 Å². The SMILES string of the molecule is N=C1CCC[C@]1(O)c1ccccc1. The molecule has 0 amide bonds. The lowest BCUT2D eigenvalue weighted by molar-refractivity contribution is 0.112. The molecule has 0 saturated heterocycles. The largest absolute Gasteiger partial charge is 0.379 e. The predicted molar refractivity (Wildman–Crippen MR) is 51.9 cm³/mol. The van der Waals surface area contributed by atoms with Gasteiger partial charge in [0.05, 0.1) is 0 Å². The molecule has 2 rings (SSSR count). The Morgan fingerprint density at radius 2 is 1.92 bits per heavy atom. The average Bonchev–Trinajstić information content (AvgIpc) is 2.50. The van der Waals surface area contributed by atoms with Gasteiger partial charge in [-0.2, -0.15) is 0 Å². The number of hydrogen-bond donors (Lipinski definition) is 2. The predicted octanol–water partition coefficient (Wildman–Crippen LogP) is 2.08. The van der Waals surface area contributed by atoms with Gasteiger partial charge in [0.1, 0.15) is 5.60 Å². The van der Waals surface area contributed by atoms with E-state index in [4.69, 9.17) is 5.41 Å². The summed E-state index contributed by atoms with van der Waals surface area (Å²) in [5.74, 6) is 0. The highest BCUT2D eigenvalue weighted by Crippen LogP contribution is 2.35. The van der Waals surface area contributed by atoms with Gasteiger partial charge in [0.2, 0.25) is 0 Å². The minimum Gasteiger partial charge on any atom is -0.379 e. The Bertz CT molecular complexity index is 320. The topological polar surface area (TPSA) is 44.1 Å². The second kappa shape index (κ2) is 2.96. The molecule has 0 heterocycles. The summed E-state index contributed by atoms with van der Waals surface area (Å²) >= 11 is 0. The first-order valence-corrected chi connectivity index (χ1v) is 4.59. The fraction of sp³-hybridized carbons (Fsp3) is 0.364. The molecule has 0 radical (unpaired) electrons. The summed E-state index contributed by atoms with van der Waals surface area (Å²) in [7, 11) is 0. The van der Waals surface area contributed by atoms with E-state index >= 15 is 0 Å². The molecule has 1 aliphatic carbocycles. The van der Waals surface area contributed by atoms with Crippen LogP contribution in [-0.4, -0.2) is 10.8 Å². The van der Waals surface area contributed by atoms with Crippen LogP contribution in [0.2, 0.25) is 0 Å². The third-order valence-electron chi connectivity index (χ3n) is 2.72. The first-order valence-electron chi connectivity index (χ1n) is 4.59. The van der Waals surface area contributed by atoms with Crippen LogP contribution < -0.4 is 0 Å². The van der Waals surface area contributed by atoms with Gasteiger partial charge in [-0.1, -0.05) is 30.3 Å². The van der Waals surface area contributed by atoms with Crippen molar-refractivity contribution in [3.8, 4) is 0 Å². The van der Waals surface area contributed by atoms with Gasteiger partial charge in [-0.05, 0) is 24.8 Å². The molecule has 0 aliphatic heterocycles. The van der Waals surface area contributed by atoms with E-state index in [1.165, 1.54) is 0 Å². The minimum absolute atomic E-state index is 0.457. The molecule has 1 aromatic carbocycles. The Labute approximate surface area is 77.7 Å². The first kappa shape index (κ1) is 8.45. The molecule has 1 saturated carbocycles. The lowest BCUT2D eigenvalue weighted by atomic mass is 9.91. The van der Waals surface area contributed by atoms with E-state index in [1.54, 1.807) is 0 Å². The maximum absolute atomic E-state index is 10.2. The van der Waals surface area contributed by atoms with Crippen LogP contribution in [-0.2, 0) is 5.60 Å². The molecule has 2 nitrogen and oxygen atoms in total. The Kier molecular flexibility index (Phi) is 1.93. The maximum Gasteiger partial charge on any atom is 0.127 e. The van der Waals surface area contributed by atoms with Gasteiger partial charge in [-0.25, -0.2) is 0 Å². The molecule has 1 atom stereocenters. The van der Waals surface area contributed by atoms with Crippen LogP contribution >= 0.6 is 0 Å². The minimum atomic E-state index is -0.971. The van der Waals surface area contributed by atoms with E-state index in [-0.39, 0.29) is 0 Å². The molecule has 2 N–H and O–H groups in total. The summed E-state index contributed by atoms with van der Waals surface area (Å²) in [4.78, 5) is 0. The average molecular weight is 175 g/mol. The summed E-state index contributed by atoms with van der Waals surface area (Å²) in [5.41, 5.74) is 0.345. The van der Waals surface area contributed by atoms with Crippen molar-refractivity contribution in [1.29, 1.82) is 5.41 Å². The highest BCUT2D eigenvalue weighted by atomic mass is 16.3. The molecular weight excluding hydrogens is 162 g/mol. The maximum atomic E-state index is 10.2. The Morgan fingerprint density at radius 1 is 1.23 bits per heavy atom. The molecule has 2 heteroatoms. The smallest absolute Gasteiger partial charge is 0.127 e. The van der Waals surface area contributed by atoms with E-state index in [2.05, 4.69) is 0 Å². The quantitative estimate of drug-likeness (QED) is 0.674. The van der Waals surface area contributed by atoms with Crippen LogP contribution in [0, 0.1) is 5.41 Å². The molecule has 68 valence electrons. The van der Waals surface area contributed by atoms with Crippen LogP contribution in [0.5, 0.6) is 0 Å². The van der Waals surface area contributed by atoms with Gasteiger partial charge < -0.3 is 10.5 Å². The summed E-state index contributed by atoms with van der Waals surface area (Å²) in [6.45, 7) is 0. The van der Waals surface area contributed by atoms with Crippen LogP contribution in [0.25, 0.3) is 0 Å². The Balaban J connectivity index is 2.40. The summed E-state index contributed by atoms with van der Waals surface area (Å²) in [5, 5.41) is 17.9. The van der Waals surface area contributed by atoms with Crippen molar-refractivity contribution < 1.29 is 5.11 Å². The molecule has 0 bridgehead atoms. The fourth-order valence-corrected chi connectivity index (χ4v) is 1.91. The Morgan fingerprint density at radius 3 is 2.46 bits per heavy atom. The third kappa shape index (κ3) is 1.27. The monoisotopic (exact) mass is 175 g/mol. The third-order valence-corrected chi connectivity index (χ3v) is 2.72. The normalized spacial score (nSPS) is 27.9. The fourth-order valence-electron chi connectivity index (χ4n) is 1.91. The highest BCUT2D eigenvalue weighted by Gasteiger charge is 2.37. The van der Waals surface area contributed by atoms with Crippen molar-refractivity contribution in [2.45, 2.75) is 24.9 Å². The van der Waals surface area contributed by atoms with Gasteiger partial charge in [-0.3, -0.25) is 0 Å². The van der Waals surface area contributed by atoms with E-state index in [9.17, 15) is 5.11 Å². The number of nitrogens with one attached hydrogen (secondary N) is 1. The molecule has 0 spiro atoms. The standard InChI is InChI=1S/C11H13NO/c12-10-7-4-8-11(10,13)9-5-2-1-3-6-9/h1-3,5-6,12-13H,4,7-8H2/t11-/m0/s1. The van der Waals surface area contributed by atoms with E-state index < -0.39 is 5.60 Å². The van der Waals surface area contributed by atoms with Gasteiger partial charge in [-0.15, -0.1) is 0 Å². The molecule has 1 aromatic rings. The number of rotatable bonds is 1. The lowest BCUT2D eigenvalue weighted by Crippen LogP contribution is -2.29. The van der Waals surface area contributed by atoms with Crippen LogP contribution in [0.1, 0.15) is 24.8 Å². The molecular formula is C11H13NO. The van der Waals surface area contributed by atoms with Crippen LogP contribution in [0.4, 0.5) is 0 Å². The van der Waals surface area contributed by atoms with Crippen LogP contribution in [0.3, 0.4) is 0 Å². The zero-order valence-corrected chi connectivity index (χ0v) is 7.46. The van der Waals surface area contributed by atoms with Crippen LogP contribution in [0.15, 0.2) is 30.3 Å². The highest BCUT2D eigenvalue weighted by molar-refractivity contribution is 5.92. The number of aliphatic hydroxyl groups is 1. The molecule has 13 heavy (non-hydrogen) atoms. The summed E-state index contributed by atoms with van der Waals surface area (Å²) < 4.78 is 0. The van der Waals surface area contributed by atoms with E-state index in [0.29, 0.717) is 12.1 Å². The first-order chi connectivity index (χ1) is 6.23. The summed E-state index contributed by atoms with van der Waals surface area (Å²) in [6.07, 6.45) is 2.34. The van der Waals surface area contributed by atoms with Crippen molar-refractivity contribution in [3.05, 3.63) is 35.9 Å². The van der Waals surface area contributed by atoms with Gasteiger partial charge in [0.25, 0.3) is 0 Å². The number of hydrogen-bond acceptors (Lipinski definition) is 2. The Hall–Kier alpha value is -1.15. The molecule has 0 aromatic heterocycles. The zero-order valence-electron chi connectivity index (χ0n) is 7.46. The number of benzene rings is 1. The van der Waals surface area contributed by atoms with Gasteiger partial charge in [0, 0.05) is 5.71 Å². The second-order valence-corrected chi connectivity index (χ2v) is 3.56. The van der Waals surface area contributed by atoms with Crippen molar-refractivity contribution in [2.75, 3.05) is 0 Å². The zero-order chi connectivity index (χ0) is 9.31. The van der Waals surface area contributed by atoms with Gasteiger partial charge in [0.15, 0.2) is 0 Å². The van der Waals surface area contributed by atoms with E-state index in [0.717, 1.165) is 18.4 Å². The van der Waals surface area contributed by atoms with Crippen molar-refractivity contribution in [2.24, 2.45) is 0 Å². The van der Waals surface area contributed by atoms with Crippen molar-refractivity contribution >= 4 is 5.71 Å². The molecule has 1 fully saturated rings. The van der Waals surface area contributed by atoms with Gasteiger partial charge >= 0.3 is 0 Å². The lowest BCUT2D eigenvalue weighted by Gasteiger charge is -2.22. The van der Waals surface area contributed by atoms with Crippen molar-refractivity contribution in [1.82, 2.24) is 0 Å². The summed E-state index contributed by atoms with van der Waals surface area (Å²) in [6, 6.07) is 9.50. The molecule has 0 unspecified atom stereocenters. The molecule has 1 aliphatic rings. The second-order valence-electron chi connectivity index (χ2n) is 3.56.